The molecule has 1 saturated carbocycles. The zero-order chi connectivity index (χ0) is 8.72. The normalized spacial score (nSPS) is 43.5. The van der Waals surface area contributed by atoms with Crippen molar-refractivity contribution in [2.45, 2.75) is 13.3 Å². The Morgan fingerprint density at radius 1 is 1.42 bits per heavy atom. The fourth-order valence-corrected chi connectivity index (χ4v) is 2.59. The van der Waals surface area contributed by atoms with Crippen LogP contribution in [0.3, 0.4) is 0 Å². The highest BCUT2D eigenvalue weighted by molar-refractivity contribution is 5.74. The standard InChI is InChI=1S/C10H14O2/c1-6-7-3-4-8(5-7)9(6)10(11)12-2/h3-4,6-9H,5H2,1-2H3/t6-,7+,8-,9-/m0/s1. The maximum atomic E-state index is 11.4. The molecule has 2 heteroatoms. The van der Waals surface area contributed by atoms with Gasteiger partial charge in [-0.25, -0.2) is 0 Å². The van der Waals surface area contributed by atoms with Crippen LogP contribution in [0.15, 0.2) is 12.2 Å². The fourth-order valence-electron chi connectivity index (χ4n) is 2.59. The van der Waals surface area contributed by atoms with Crippen molar-refractivity contribution in [1.29, 1.82) is 0 Å². The summed E-state index contributed by atoms with van der Waals surface area (Å²) in [5, 5.41) is 0. The van der Waals surface area contributed by atoms with Gasteiger partial charge in [-0.15, -0.1) is 0 Å². The summed E-state index contributed by atoms with van der Waals surface area (Å²) in [6.45, 7) is 2.15. The second kappa shape index (κ2) is 2.61. The minimum atomic E-state index is -0.0284. The lowest BCUT2D eigenvalue weighted by molar-refractivity contribution is -0.147. The van der Waals surface area contributed by atoms with Crippen LogP contribution in [-0.4, -0.2) is 13.1 Å². The first-order chi connectivity index (χ1) is 5.74. The van der Waals surface area contributed by atoms with Crippen LogP contribution in [0.4, 0.5) is 0 Å². The molecule has 66 valence electrons. The quantitative estimate of drug-likeness (QED) is 0.437. The van der Waals surface area contributed by atoms with Gasteiger partial charge in [0.15, 0.2) is 0 Å². The molecule has 2 bridgehead atoms. The molecule has 0 unspecified atom stereocenters. The van der Waals surface area contributed by atoms with Gasteiger partial charge >= 0.3 is 5.97 Å². The Balaban J connectivity index is 2.18. The van der Waals surface area contributed by atoms with Crippen LogP contribution >= 0.6 is 0 Å². The minimum absolute atomic E-state index is 0.0284. The summed E-state index contributed by atoms with van der Waals surface area (Å²) >= 11 is 0. The van der Waals surface area contributed by atoms with Gasteiger partial charge in [0.1, 0.15) is 0 Å². The van der Waals surface area contributed by atoms with Gasteiger partial charge in [-0.2, -0.15) is 0 Å². The maximum Gasteiger partial charge on any atom is 0.309 e. The molecule has 0 aliphatic heterocycles. The van der Waals surface area contributed by atoms with Gasteiger partial charge in [0, 0.05) is 0 Å². The molecule has 0 aromatic rings. The molecule has 0 N–H and O–H groups in total. The topological polar surface area (TPSA) is 26.3 Å². The summed E-state index contributed by atoms with van der Waals surface area (Å²) in [4.78, 5) is 11.4. The molecule has 0 saturated heterocycles. The van der Waals surface area contributed by atoms with E-state index in [1.54, 1.807) is 0 Å². The number of rotatable bonds is 1. The van der Waals surface area contributed by atoms with Gasteiger partial charge in [-0.3, -0.25) is 4.79 Å². The van der Waals surface area contributed by atoms with Crippen LogP contribution in [0, 0.1) is 23.7 Å². The van der Waals surface area contributed by atoms with E-state index in [1.165, 1.54) is 7.11 Å². The van der Waals surface area contributed by atoms with Gasteiger partial charge in [-0.1, -0.05) is 19.1 Å². The average Bonchev–Trinajstić information content (AvgIpc) is 2.63. The zero-order valence-corrected chi connectivity index (χ0v) is 7.49. The van der Waals surface area contributed by atoms with Crippen molar-refractivity contribution in [3.8, 4) is 0 Å². The summed E-state index contributed by atoms with van der Waals surface area (Å²) in [7, 11) is 1.48. The van der Waals surface area contributed by atoms with Gasteiger partial charge in [0.25, 0.3) is 0 Å². The third-order valence-corrected chi connectivity index (χ3v) is 3.33. The molecule has 4 atom stereocenters. The van der Waals surface area contributed by atoms with Gasteiger partial charge in [-0.05, 0) is 24.2 Å². The van der Waals surface area contributed by atoms with Crippen molar-refractivity contribution >= 4 is 5.97 Å². The highest BCUT2D eigenvalue weighted by atomic mass is 16.5. The molecular formula is C10H14O2. The molecule has 0 heterocycles. The van der Waals surface area contributed by atoms with E-state index in [4.69, 9.17) is 4.74 Å². The third-order valence-electron chi connectivity index (χ3n) is 3.33. The highest BCUT2D eigenvalue weighted by Crippen LogP contribution is 2.47. The Morgan fingerprint density at radius 3 is 2.58 bits per heavy atom. The molecule has 12 heavy (non-hydrogen) atoms. The van der Waals surface area contributed by atoms with E-state index in [9.17, 15) is 4.79 Å². The van der Waals surface area contributed by atoms with Crippen molar-refractivity contribution in [2.24, 2.45) is 23.7 Å². The molecule has 0 amide bonds. The highest BCUT2D eigenvalue weighted by Gasteiger charge is 2.46. The first-order valence-electron chi connectivity index (χ1n) is 4.50. The average molecular weight is 166 g/mol. The van der Waals surface area contributed by atoms with E-state index < -0.39 is 0 Å². The van der Waals surface area contributed by atoms with E-state index in [-0.39, 0.29) is 11.9 Å². The van der Waals surface area contributed by atoms with Gasteiger partial charge in [0.2, 0.25) is 0 Å². The second-order valence-corrected chi connectivity index (χ2v) is 3.86. The second-order valence-electron chi connectivity index (χ2n) is 3.86. The SMILES string of the molecule is COC(=O)[C@H]1[C@@H](C)[C@@H]2C=C[C@H]1C2. The molecule has 0 radical (unpaired) electrons. The maximum absolute atomic E-state index is 11.4. The summed E-state index contributed by atoms with van der Waals surface area (Å²) in [6.07, 6.45) is 5.57. The molecule has 2 nitrogen and oxygen atoms in total. The summed E-state index contributed by atoms with van der Waals surface area (Å²) < 4.78 is 4.78. The Hall–Kier alpha value is -0.790. The number of hydrogen-bond donors (Lipinski definition) is 0. The molecule has 2 rings (SSSR count). The van der Waals surface area contributed by atoms with Gasteiger partial charge < -0.3 is 4.74 Å². The van der Waals surface area contributed by atoms with Gasteiger partial charge in [0.05, 0.1) is 13.0 Å². The largest absolute Gasteiger partial charge is 0.469 e. The molecule has 0 aromatic heterocycles. The Morgan fingerprint density at radius 2 is 2.08 bits per heavy atom. The lowest BCUT2D eigenvalue weighted by Gasteiger charge is -2.21. The first kappa shape index (κ1) is 7.84. The monoisotopic (exact) mass is 166 g/mol. The predicted octanol–water partition coefficient (Wildman–Crippen LogP) is 1.62. The Labute approximate surface area is 72.6 Å². The number of carbonyl (C=O) groups excluding carboxylic acids is 1. The van der Waals surface area contributed by atoms with E-state index >= 15 is 0 Å². The first-order valence-corrected chi connectivity index (χ1v) is 4.50. The predicted molar refractivity (Wildman–Crippen MR) is 45.4 cm³/mol. The van der Waals surface area contributed by atoms with Crippen molar-refractivity contribution in [3.05, 3.63) is 12.2 Å². The zero-order valence-electron chi connectivity index (χ0n) is 7.49. The van der Waals surface area contributed by atoms with E-state index in [2.05, 4.69) is 19.1 Å². The summed E-state index contributed by atoms with van der Waals surface area (Å²) in [5.41, 5.74) is 0. The number of methoxy groups -OCH3 is 1. The van der Waals surface area contributed by atoms with Crippen molar-refractivity contribution in [3.63, 3.8) is 0 Å². The van der Waals surface area contributed by atoms with E-state index in [0.29, 0.717) is 17.8 Å². The van der Waals surface area contributed by atoms with Crippen LogP contribution in [-0.2, 0) is 9.53 Å². The smallest absolute Gasteiger partial charge is 0.309 e. The molecule has 2 aliphatic carbocycles. The number of allylic oxidation sites excluding steroid dienone is 2. The number of ether oxygens (including phenoxy) is 1. The number of fused-ring (bicyclic) bond motifs is 2. The third kappa shape index (κ3) is 0.904. The molecule has 2 aliphatic rings. The summed E-state index contributed by atoms with van der Waals surface area (Å²) in [6, 6.07) is 0. The molecule has 0 spiro atoms. The van der Waals surface area contributed by atoms with Crippen LogP contribution in [0.25, 0.3) is 0 Å². The number of hydrogen-bond acceptors (Lipinski definition) is 2. The molecule has 0 aromatic carbocycles. The van der Waals surface area contributed by atoms with Crippen molar-refractivity contribution in [2.75, 3.05) is 7.11 Å². The molecular weight excluding hydrogens is 152 g/mol. The Kier molecular flexibility index (Phi) is 1.71. The van der Waals surface area contributed by atoms with Crippen LogP contribution in [0.2, 0.25) is 0 Å². The lowest BCUT2D eigenvalue weighted by atomic mass is 9.84. The van der Waals surface area contributed by atoms with Crippen molar-refractivity contribution in [1.82, 2.24) is 0 Å². The fraction of sp³-hybridized carbons (Fsp3) is 0.700. The van der Waals surface area contributed by atoms with Crippen LogP contribution in [0.1, 0.15) is 13.3 Å². The van der Waals surface area contributed by atoms with E-state index in [0.717, 1.165) is 6.42 Å². The lowest BCUT2D eigenvalue weighted by Crippen LogP contribution is -2.26. The number of esters is 1. The van der Waals surface area contributed by atoms with Crippen LogP contribution in [0.5, 0.6) is 0 Å². The number of carbonyl (C=O) groups is 1. The molecule has 1 fully saturated rings. The van der Waals surface area contributed by atoms with E-state index in [1.807, 2.05) is 0 Å². The minimum Gasteiger partial charge on any atom is -0.469 e. The van der Waals surface area contributed by atoms with Crippen LogP contribution < -0.4 is 0 Å². The Bertz CT molecular complexity index is 232. The van der Waals surface area contributed by atoms with Crippen molar-refractivity contribution < 1.29 is 9.53 Å². The summed E-state index contributed by atoms with van der Waals surface area (Å²) in [5.74, 6) is 1.66.